The Morgan fingerprint density at radius 2 is 1.93 bits per heavy atom. The number of imide groups is 1. The molecule has 0 spiro atoms. The molecule has 1 aromatic carbocycles. The highest BCUT2D eigenvalue weighted by molar-refractivity contribution is 6.05. The van der Waals surface area contributed by atoms with Gasteiger partial charge in [-0.15, -0.1) is 0 Å². The number of benzene rings is 1. The standard InChI is InChI=1S/C19H25N3O5/c1-26-14-7-8-16(27-2)12(9-14)11-22(13-5-3-4-6-13)17(23)10-15-18(24)21-19(25)20-15/h7-9,13,15H,3-6,10-11H2,1-2H3,(H2,20,21,24,25). The Bertz CT molecular complexity index is 730. The van der Waals surface area contributed by atoms with E-state index >= 15 is 0 Å². The van der Waals surface area contributed by atoms with Gasteiger partial charge in [0.1, 0.15) is 17.5 Å². The Hall–Kier alpha value is -2.77. The second-order valence-corrected chi connectivity index (χ2v) is 6.86. The molecular formula is C19H25N3O5. The maximum atomic E-state index is 13.0. The monoisotopic (exact) mass is 375 g/mol. The zero-order chi connectivity index (χ0) is 19.4. The first-order valence-corrected chi connectivity index (χ1v) is 9.13. The van der Waals surface area contributed by atoms with E-state index in [1.165, 1.54) is 0 Å². The number of methoxy groups -OCH3 is 2. The van der Waals surface area contributed by atoms with Gasteiger partial charge in [0, 0.05) is 18.2 Å². The van der Waals surface area contributed by atoms with Gasteiger partial charge in [-0.25, -0.2) is 4.79 Å². The number of carbonyl (C=O) groups is 3. The van der Waals surface area contributed by atoms with Gasteiger partial charge in [0.2, 0.25) is 5.91 Å². The molecule has 8 heteroatoms. The third-order valence-electron chi connectivity index (χ3n) is 5.15. The van der Waals surface area contributed by atoms with Crippen molar-refractivity contribution < 1.29 is 23.9 Å². The first kappa shape index (κ1) is 19.0. The van der Waals surface area contributed by atoms with Gasteiger partial charge in [-0.2, -0.15) is 0 Å². The van der Waals surface area contributed by atoms with Crippen molar-refractivity contribution in [2.45, 2.75) is 50.7 Å². The second-order valence-electron chi connectivity index (χ2n) is 6.86. The summed E-state index contributed by atoms with van der Waals surface area (Å²) in [6.07, 6.45) is 3.96. The van der Waals surface area contributed by atoms with Crippen LogP contribution in [0.25, 0.3) is 0 Å². The van der Waals surface area contributed by atoms with Crippen LogP contribution < -0.4 is 20.1 Å². The fourth-order valence-corrected chi connectivity index (χ4v) is 3.72. The van der Waals surface area contributed by atoms with E-state index in [0.717, 1.165) is 31.2 Å². The van der Waals surface area contributed by atoms with Crippen LogP contribution in [0.2, 0.25) is 0 Å². The average Bonchev–Trinajstić information content (AvgIpc) is 3.29. The van der Waals surface area contributed by atoms with Crippen molar-refractivity contribution in [3.05, 3.63) is 23.8 Å². The molecule has 1 saturated heterocycles. The summed E-state index contributed by atoms with van der Waals surface area (Å²) in [4.78, 5) is 37.9. The summed E-state index contributed by atoms with van der Waals surface area (Å²) in [7, 11) is 3.18. The predicted octanol–water partition coefficient (Wildman–Crippen LogP) is 1.57. The van der Waals surface area contributed by atoms with E-state index in [0.29, 0.717) is 18.0 Å². The molecule has 1 heterocycles. The van der Waals surface area contributed by atoms with Crippen LogP contribution in [0.3, 0.4) is 0 Å². The summed E-state index contributed by atoms with van der Waals surface area (Å²) in [5.41, 5.74) is 0.844. The van der Waals surface area contributed by atoms with Crippen LogP contribution in [0, 0.1) is 0 Å². The van der Waals surface area contributed by atoms with Gasteiger partial charge in [-0.3, -0.25) is 14.9 Å². The molecule has 2 N–H and O–H groups in total. The third-order valence-corrected chi connectivity index (χ3v) is 5.15. The van der Waals surface area contributed by atoms with E-state index in [9.17, 15) is 14.4 Å². The minimum absolute atomic E-state index is 0.0552. The zero-order valence-corrected chi connectivity index (χ0v) is 15.6. The van der Waals surface area contributed by atoms with Crippen LogP contribution in [0.1, 0.15) is 37.7 Å². The van der Waals surface area contributed by atoms with Gasteiger partial charge in [-0.1, -0.05) is 12.8 Å². The average molecular weight is 375 g/mol. The van der Waals surface area contributed by atoms with Crippen LogP contribution in [-0.2, 0) is 16.1 Å². The number of amides is 4. The van der Waals surface area contributed by atoms with Gasteiger partial charge in [-0.05, 0) is 31.0 Å². The first-order chi connectivity index (χ1) is 13.0. The first-order valence-electron chi connectivity index (χ1n) is 9.13. The number of hydrogen-bond donors (Lipinski definition) is 2. The number of hydrogen-bond acceptors (Lipinski definition) is 5. The molecule has 1 aliphatic carbocycles. The van der Waals surface area contributed by atoms with E-state index < -0.39 is 18.0 Å². The molecule has 27 heavy (non-hydrogen) atoms. The number of carbonyl (C=O) groups excluding carboxylic acids is 3. The number of rotatable bonds is 7. The molecule has 1 saturated carbocycles. The van der Waals surface area contributed by atoms with Gasteiger partial charge in [0.05, 0.1) is 20.6 Å². The lowest BCUT2D eigenvalue weighted by atomic mass is 10.1. The highest BCUT2D eigenvalue weighted by Crippen LogP contribution is 2.30. The third kappa shape index (κ3) is 4.32. The normalized spacial score (nSPS) is 19.6. The summed E-state index contributed by atoms with van der Waals surface area (Å²) in [6, 6.07) is 4.23. The van der Waals surface area contributed by atoms with Gasteiger partial charge >= 0.3 is 6.03 Å². The molecule has 3 rings (SSSR count). The van der Waals surface area contributed by atoms with Gasteiger partial charge in [0.25, 0.3) is 5.91 Å². The quantitative estimate of drug-likeness (QED) is 0.705. The molecule has 2 fully saturated rings. The highest BCUT2D eigenvalue weighted by Gasteiger charge is 2.35. The van der Waals surface area contributed by atoms with Gasteiger partial charge < -0.3 is 19.7 Å². The summed E-state index contributed by atoms with van der Waals surface area (Å²) in [5.74, 6) is 0.748. The minimum Gasteiger partial charge on any atom is -0.497 e. The van der Waals surface area contributed by atoms with Gasteiger partial charge in [0.15, 0.2) is 0 Å². The van der Waals surface area contributed by atoms with E-state index in [1.807, 2.05) is 23.1 Å². The van der Waals surface area contributed by atoms with Crippen LogP contribution in [0.15, 0.2) is 18.2 Å². The van der Waals surface area contributed by atoms with Crippen molar-refractivity contribution in [1.82, 2.24) is 15.5 Å². The van der Waals surface area contributed by atoms with Crippen LogP contribution in [0.5, 0.6) is 11.5 Å². The number of nitrogens with zero attached hydrogens (tertiary/aromatic N) is 1. The minimum atomic E-state index is -0.818. The molecule has 0 radical (unpaired) electrons. The lowest BCUT2D eigenvalue weighted by molar-refractivity contribution is -0.136. The Morgan fingerprint density at radius 3 is 2.52 bits per heavy atom. The molecule has 8 nitrogen and oxygen atoms in total. The van der Waals surface area contributed by atoms with Crippen LogP contribution in [-0.4, -0.2) is 49.0 Å². The summed E-state index contributed by atoms with van der Waals surface area (Å²) in [6.45, 7) is 0.367. The van der Waals surface area contributed by atoms with Crippen molar-refractivity contribution in [3.63, 3.8) is 0 Å². The smallest absolute Gasteiger partial charge is 0.322 e. The Labute approximate surface area is 158 Å². The lowest BCUT2D eigenvalue weighted by Crippen LogP contribution is -2.42. The van der Waals surface area contributed by atoms with E-state index in [-0.39, 0.29) is 18.4 Å². The molecular weight excluding hydrogens is 350 g/mol. The Kier molecular flexibility index (Phi) is 5.83. The Morgan fingerprint density at radius 1 is 1.19 bits per heavy atom. The molecule has 146 valence electrons. The molecule has 0 aromatic heterocycles. The van der Waals surface area contributed by atoms with E-state index in [4.69, 9.17) is 9.47 Å². The molecule has 2 aliphatic rings. The molecule has 1 atom stereocenters. The lowest BCUT2D eigenvalue weighted by Gasteiger charge is -2.30. The molecule has 1 unspecified atom stereocenters. The molecule has 4 amide bonds. The van der Waals surface area contributed by atoms with E-state index in [2.05, 4.69) is 10.6 Å². The number of ether oxygens (including phenoxy) is 2. The van der Waals surface area contributed by atoms with Crippen molar-refractivity contribution in [2.75, 3.05) is 14.2 Å². The van der Waals surface area contributed by atoms with E-state index in [1.54, 1.807) is 14.2 Å². The summed E-state index contributed by atoms with van der Waals surface area (Å²) < 4.78 is 10.7. The molecule has 1 aromatic rings. The Balaban J connectivity index is 1.80. The molecule has 1 aliphatic heterocycles. The van der Waals surface area contributed by atoms with Crippen molar-refractivity contribution in [1.29, 1.82) is 0 Å². The maximum absolute atomic E-state index is 13.0. The highest BCUT2D eigenvalue weighted by atomic mass is 16.5. The largest absolute Gasteiger partial charge is 0.497 e. The second kappa shape index (κ2) is 8.28. The number of urea groups is 1. The molecule has 0 bridgehead atoms. The maximum Gasteiger partial charge on any atom is 0.322 e. The predicted molar refractivity (Wildman–Crippen MR) is 97.4 cm³/mol. The number of nitrogens with one attached hydrogen (secondary N) is 2. The zero-order valence-electron chi connectivity index (χ0n) is 15.6. The fraction of sp³-hybridized carbons (Fsp3) is 0.526. The van der Waals surface area contributed by atoms with Crippen LogP contribution >= 0.6 is 0 Å². The SMILES string of the molecule is COc1ccc(OC)c(CN(C(=O)CC2NC(=O)NC2=O)C2CCCC2)c1. The van der Waals surface area contributed by atoms with Crippen molar-refractivity contribution in [3.8, 4) is 11.5 Å². The topological polar surface area (TPSA) is 97.0 Å². The van der Waals surface area contributed by atoms with Crippen molar-refractivity contribution in [2.24, 2.45) is 0 Å². The van der Waals surface area contributed by atoms with Crippen molar-refractivity contribution >= 4 is 17.8 Å². The van der Waals surface area contributed by atoms with Crippen LogP contribution in [0.4, 0.5) is 4.79 Å². The summed E-state index contributed by atoms with van der Waals surface area (Å²) >= 11 is 0. The summed E-state index contributed by atoms with van der Waals surface area (Å²) in [5, 5.41) is 4.66. The fourth-order valence-electron chi connectivity index (χ4n) is 3.72.